The van der Waals surface area contributed by atoms with Gasteiger partial charge in [0.2, 0.25) is 5.89 Å². The number of aryl methyl sites for hydroxylation is 2. The number of aromatic nitrogens is 2. The number of hydrogen-bond donors (Lipinski definition) is 0. The SMILES string of the molecule is Cc1ccc(SCc2nnc(-c3oc4ccccc4c3C)o2)cc1. The highest BCUT2D eigenvalue weighted by molar-refractivity contribution is 7.98. The summed E-state index contributed by atoms with van der Waals surface area (Å²) in [5, 5.41) is 9.35. The number of nitrogens with zero attached hydrogens (tertiary/aromatic N) is 2. The van der Waals surface area contributed by atoms with Gasteiger partial charge in [0.05, 0.1) is 5.75 Å². The molecule has 0 aliphatic rings. The molecule has 0 bridgehead atoms. The van der Waals surface area contributed by atoms with E-state index >= 15 is 0 Å². The van der Waals surface area contributed by atoms with Crippen LogP contribution in [0.4, 0.5) is 0 Å². The zero-order valence-electron chi connectivity index (χ0n) is 13.4. The van der Waals surface area contributed by atoms with Gasteiger partial charge < -0.3 is 8.83 Å². The molecule has 0 unspecified atom stereocenters. The van der Waals surface area contributed by atoms with E-state index < -0.39 is 0 Å². The van der Waals surface area contributed by atoms with E-state index in [2.05, 4.69) is 41.4 Å². The molecule has 4 nitrogen and oxygen atoms in total. The van der Waals surface area contributed by atoms with Crippen molar-refractivity contribution in [1.29, 1.82) is 0 Å². The minimum Gasteiger partial charge on any atom is -0.451 e. The van der Waals surface area contributed by atoms with E-state index in [-0.39, 0.29) is 0 Å². The van der Waals surface area contributed by atoms with Crippen LogP contribution in [0.25, 0.3) is 22.6 Å². The van der Waals surface area contributed by atoms with Crippen LogP contribution < -0.4 is 0 Å². The fourth-order valence-corrected chi connectivity index (χ4v) is 3.30. The molecule has 0 saturated heterocycles. The first-order chi connectivity index (χ1) is 11.7. The lowest BCUT2D eigenvalue weighted by molar-refractivity contribution is 0.503. The predicted molar refractivity (Wildman–Crippen MR) is 95.0 cm³/mol. The predicted octanol–water partition coefficient (Wildman–Crippen LogP) is 5.39. The van der Waals surface area contributed by atoms with Gasteiger partial charge in [0.1, 0.15) is 5.58 Å². The lowest BCUT2D eigenvalue weighted by Crippen LogP contribution is -1.80. The molecule has 0 amide bonds. The van der Waals surface area contributed by atoms with Crippen LogP contribution in [0.2, 0.25) is 0 Å². The Hall–Kier alpha value is -2.53. The Bertz CT molecular complexity index is 986. The summed E-state index contributed by atoms with van der Waals surface area (Å²) in [6.07, 6.45) is 0. The molecule has 4 aromatic rings. The Kier molecular flexibility index (Phi) is 3.86. The second kappa shape index (κ2) is 6.17. The van der Waals surface area contributed by atoms with Crippen molar-refractivity contribution in [2.24, 2.45) is 0 Å². The topological polar surface area (TPSA) is 52.1 Å². The van der Waals surface area contributed by atoms with Crippen molar-refractivity contribution in [2.45, 2.75) is 24.5 Å². The number of hydrogen-bond acceptors (Lipinski definition) is 5. The third-order valence-electron chi connectivity index (χ3n) is 3.89. The molecule has 2 aromatic heterocycles. The van der Waals surface area contributed by atoms with Gasteiger partial charge >= 0.3 is 0 Å². The van der Waals surface area contributed by atoms with Crippen LogP contribution in [-0.2, 0) is 5.75 Å². The average Bonchev–Trinajstić information content (AvgIpc) is 3.19. The molecule has 2 aromatic carbocycles. The van der Waals surface area contributed by atoms with E-state index in [0.717, 1.165) is 16.5 Å². The third-order valence-corrected chi connectivity index (χ3v) is 4.88. The van der Waals surface area contributed by atoms with Crippen LogP contribution in [0, 0.1) is 13.8 Å². The molecule has 0 saturated carbocycles. The van der Waals surface area contributed by atoms with Crippen LogP contribution in [0.5, 0.6) is 0 Å². The highest BCUT2D eigenvalue weighted by atomic mass is 32.2. The summed E-state index contributed by atoms with van der Waals surface area (Å²) in [5.41, 5.74) is 3.10. The number of furan rings is 1. The minimum absolute atomic E-state index is 0.434. The summed E-state index contributed by atoms with van der Waals surface area (Å²) in [6, 6.07) is 16.3. The fraction of sp³-hybridized carbons (Fsp3) is 0.158. The number of fused-ring (bicyclic) bond motifs is 1. The minimum atomic E-state index is 0.434. The summed E-state index contributed by atoms with van der Waals surface area (Å²) in [6.45, 7) is 4.08. The van der Waals surface area contributed by atoms with Gasteiger partial charge in [0.25, 0.3) is 5.89 Å². The van der Waals surface area contributed by atoms with Crippen molar-refractivity contribution in [3.05, 3.63) is 65.5 Å². The Morgan fingerprint density at radius 3 is 2.50 bits per heavy atom. The smallest absolute Gasteiger partial charge is 0.284 e. The molecule has 0 aliphatic heterocycles. The quantitative estimate of drug-likeness (QED) is 0.468. The lowest BCUT2D eigenvalue weighted by atomic mass is 10.1. The number of rotatable bonds is 4. The number of benzene rings is 2. The fourth-order valence-electron chi connectivity index (χ4n) is 2.56. The summed E-state index contributed by atoms with van der Waals surface area (Å²) < 4.78 is 11.7. The number of para-hydroxylation sites is 1. The molecule has 4 rings (SSSR count). The zero-order chi connectivity index (χ0) is 16.5. The highest BCUT2D eigenvalue weighted by Crippen LogP contribution is 2.32. The molecule has 0 N–H and O–H groups in total. The Morgan fingerprint density at radius 2 is 1.71 bits per heavy atom. The molecule has 0 fully saturated rings. The van der Waals surface area contributed by atoms with Gasteiger partial charge in [-0.05, 0) is 32.0 Å². The molecule has 0 spiro atoms. The molecule has 0 radical (unpaired) electrons. The van der Waals surface area contributed by atoms with E-state index in [9.17, 15) is 0 Å². The largest absolute Gasteiger partial charge is 0.451 e. The van der Waals surface area contributed by atoms with E-state index in [1.165, 1.54) is 10.5 Å². The monoisotopic (exact) mass is 336 g/mol. The standard InChI is InChI=1S/C19H16N2O2S/c1-12-7-9-14(10-8-12)24-11-17-20-21-19(23-17)18-13(2)15-5-3-4-6-16(15)22-18/h3-10H,11H2,1-2H3. The van der Waals surface area contributed by atoms with Crippen LogP contribution in [0.3, 0.4) is 0 Å². The Labute approximate surface area is 143 Å². The first-order valence-electron chi connectivity index (χ1n) is 7.71. The van der Waals surface area contributed by atoms with Gasteiger partial charge in [-0.1, -0.05) is 35.9 Å². The van der Waals surface area contributed by atoms with Crippen molar-refractivity contribution in [2.75, 3.05) is 0 Å². The molecule has 120 valence electrons. The Morgan fingerprint density at radius 1 is 0.917 bits per heavy atom. The van der Waals surface area contributed by atoms with Crippen molar-refractivity contribution < 1.29 is 8.83 Å². The molecule has 5 heteroatoms. The lowest BCUT2D eigenvalue weighted by Gasteiger charge is -1.98. The summed E-state index contributed by atoms with van der Waals surface area (Å²) in [5.74, 6) is 2.31. The third kappa shape index (κ3) is 2.83. The maximum absolute atomic E-state index is 5.87. The maximum atomic E-state index is 5.87. The summed E-state index contributed by atoms with van der Waals surface area (Å²) in [7, 11) is 0. The Balaban J connectivity index is 1.55. The molecule has 24 heavy (non-hydrogen) atoms. The van der Waals surface area contributed by atoms with Crippen LogP contribution in [-0.4, -0.2) is 10.2 Å². The van der Waals surface area contributed by atoms with Crippen molar-refractivity contribution in [1.82, 2.24) is 10.2 Å². The van der Waals surface area contributed by atoms with Crippen molar-refractivity contribution in [3.8, 4) is 11.7 Å². The molecular formula is C19H16N2O2S. The van der Waals surface area contributed by atoms with Gasteiger partial charge in [-0.15, -0.1) is 22.0 Å². The van der Waals surface area contributed by atoms with E-state index in [4.69, 9.17) is 8.83 Å². The molecular weight excluding hydrogens is 320 g/mol. The van der Waals surface area contributed by atoms with Crippen LogP contribution in [0.15, 0.2) is 62.3 Å². The molecule has 0 aliphatic carbocycles. The van der Waals surface area contributed by atoms with Crippen molar-refractivity contribution >= 4 is 22.7 Å². The van der Waals surface area contributed by atoms with Crippen LogP contribution >= 0.6 is 11.8 Å². The van der Waals surface area contributed by atoms with Gasteiger partial charge in [-0.3, -0.25) is 0 Å². The van der Waals surface area contributed by atoms with Gasteiger partial charge in [0.15, 0.2) is 5.76 Å². The highest BCUT2D eigenvalue weighted by Gasteiger charge is 2.18. The van der Waals surface area contributed by atoms with Crippen LogP contribution in [0.1, 0.15) is 17.0 Å². The van der Waals surface area contributed by atoms with E-state index in [1.54, 1.807) is 11.8 Å². The molecule has 2 heterocycles. The normalized spacial score (nSPS) is 11.2. The van der Waals surface area contributed by atoms with Crippen molar-refractivity contribution in [3.63, 3.8) is 0 Å². The van der Waals surface area contributed by atoms with E-state index in [1.807, 2.05) is 31.2 Å². The maximum Gasteiger partial charge on any atom is 0.284 e. The summed E-state index contributed by atoms with van der Waals surface area (Å²) >= 11 is 1.67. The molecule has 0 atom stereocenters. The first-order valence-corrected chi connectivity index (χ1v) is 8.69. The second-order valence-corrected chi connectivity index (χ2v) is 6.70. The zero-order valence-corrected chi connectivity index (χ0v) is 14.3. The second-order valence-electron chi connectivity index (χ2n) is 5.66. The first kappa shape index (κ1) is 15.0. The van der Waals surface area contributed by atoms with Gasteiger partial charge in [-0.2, -0.15) is 0 Å². The van der Waals surface area contributed by atoms with Gasteiger partial charge in [-0.25, -0.2) is 0 Å². The average molecular weight is 336 g/mol. The number of thioether (sulfide) groups is 1. The van der Waals surface area contributed by atoms with E-state index in [0.29, 0.717) is 23.3 Å². The summed E-state index contributed by atoms with van der Waals surface area (Å²) in [4.78, 5) is 1.18. The van der Waals surface area contributed by atoms with Gasteiger partial charge in [0, 0.05) is 15.8 Å².